The molecule has 0 bridgehead atoms. The molecule has 2 heterocycles. The van der Waals surface area contributed by atoms with E-state index in [9.17, 15) is 9.59 Å². The number of carbonyl (C=O) groups excluding carboxylic acids is 1. The van der Waals surface area contributed by atoms with Crippen molar-refractivity contribution in [3.63, 3.8) is 0 Å². The standard InChI is InChI=1S/C19H25N3O2/c1-3-14-12-22(13(2)23)9-8-17(14)20-11-16-10-15-6-4-5-7-18(15)21-19(16)24/h4-7,10,14,17,20H,3,8-9,11-12H2,1-2H3,(H,21,24). The van der Waals surface area contributed by atoms with E-state index in [-0.39, 0.29) is 11.5 Å². The maximum atomic E-state index is 12.2. The first kappa shape index (κ1) is 16.7. The number of para-hydroxylation sites is 1. The highest BCUT2D eigenvalue weighted by atomic mass is 16.2. The predicted octanol–water partition coefficient (Wildman–Crippen LogP) is 2.26. The van der Waals surface area contributed by atoms with Gasteiger partial charge in [-0.25, -0.2) is 0 Å². The maximum absolute atomic E-state index is 12.2. The molecule has 1 aliphatic rings. The zero-order valence-electron chi connectivity index (χ0n) is 14.3. The molecule has 1 amide bonds. The van der Waals surface area contributed by atoms with Crippen molar-refractivity contribution < 1.29 is 4.79 Å². The van der Waals surface area contributed by atoms with Crippen LogP contribution in [-0.2, 0) is 11.3 Å². The van der Waals surface area contributed by atoms with Gasteiger partial charge >= 0.3 is 0 Å². The molecular weight excluding hydrogens is 302 g/mol. The van der Waals surface area contributed by atoms with Crippen LogP contribution in [0.4, 0.5) is 0 Å². The number of pyridine rings is 1. The lowest BCUT2D eigenvalue weighted by atomic mass is 9.89. The Labute approximate surface area is 142 Å². The topological polar surface area (TPSA) is 65.2 Å². The molecule has 1 saturated heterocycles. The molecule has 2 atom stereocenters. The Hall–Kier alpha value is -2.14. The van der Waals surface area contributed by atoms with E-state index in [1.165, 1.54) is 0 Å². The smallest absolute Gasteiger partial charge is 0.252 e. The number of nitrogens with one attached hydrogen (secondary N) is 2. The second kappa shape index (κ2) is 7.18. The zero-order valence-corrected chi connectivity index (χ0v) is 14.3. The molecular formula is C19H25N3O2. The SMILES string of the molecule is CCC1CN(C(C)=O)CCC1NCc1cc2ccccc2[nH]c1=O. The lowest BCUT2D eigenvalue weighted by Gasteiger charge is -2.38. The highest BCUT2D eigenvalue weighted by Crippen LogP contribution is 2.21. The molecule has 5 nitrogen and oxygen atoms in total. The zero-order chi connectivity index (χ0) is 17.1. The molecule has 3 rings (SSSR count). The third-order valence-corrected chi connectivity index (χ3v) is 5.09. The quantitative estimate of drug-likeness (QED) is 0.905. The van der Waals surface area contributed by atoms with Gasteiger partial charge in [0.25, 0.3) is 5.56 Å². The molecule has 0 aliphatic carbocycles. The van der Waals surface area contributed by atoms with Crippen LogP contribution in [0.3, 0.4) is 0 Å². The van der Waals surface area contributed by atoms with Crippen molar-refractivity contribution in [2.75, 3.05) is 13.1 Å². The van der Waals surface area contributed by atoms with Crippen LogP contribution in [0.5, 0.6) is 0 Å². The number of fused-ring (bicyclic) bond motifs is 1. The van der Waals surface area contributed by atoms with Gasteiger partial charge in [-0.15, -0.1) is 0 Å². The Morgan fingerprint density at radius 2 is 2.17 bits per heavy atom. The number of hydrogen-bond acceptors (Lipinski definition) is 3. The van der Waals surface area contributed by atoms with E-state index >= 15 is 0 Å². The first-order valence-corrected chi connectivity index (χ1v) is 8.68. The van der Waals surface area contributed by atoms with Crippen LogP contribution < -0.4 is 10.9 Å². The molecule has 2 unspecified atom stereocenters. The molecule has 1 aliphatic heterocycles. The fourth-order valence-electron chi connectivity index (χ4n) is 3.57. The van der Waals surface area contributed by atoms with Crippen molar-refractivity contribution in [2.45, 2.75) is 39.3 Å². The van der Waals surface area contributed by atoms with Crippen LogP contribution in [0.2, 0.25) is 0 Å². The van der Waals surface area contributed by atoms with Gasteiger partial charge in [0.05, 0.1) is 0 Å². The summed E-state index contributed by atoms with van der Waals surface area (Å²) in [6, 6.07) is 10.1. The fourth-order valence-corrected chi connectivity index (χ4v) is 3.57. The van der Waals surface area contributed by atoms with Gasteiger partial charge in [0, 0.05) is 43.7 Å². The van der Waals surface area contributed by atoms with Gasteiger partial charge in [0.1, 0.15) is 0 Å². The van der Waals surface area contributed by atoms with Gasteiger partial charge in [0.15, 0.2) is 0 Å². The molecule has 1 fully saturated rings. The van der Waals surface area contributed by atoms with Crippen LogP contribution in [-0.4, -0.2) is 34.9 Å². The summed E-state index contributed by atoms with van der Waals surface area (Å²) in [4.78, 5) is 28.7. The second-order valence-corrected chi connectivity index (χ2v) is 6.62. The van der Waals surface area contributed by atoms with E-state index in [0.717, 1.165) is 42.4 Å². The van der Waals surface area contributed by atoms with Crippen molar-refractivity contribution in [3.8, 4) is 0 Å². The number of hydrogen-bond donors (Lipinski definition) is 2. The number of H-pyrrole nitrogens is 1. The molecule has 0 spiro atoms. The number of nitrogens with zero attached hydrogens (tertiary/aromatic N) is 1. The molecule has 0 radical (unpaired) electrons. The van der Waals surface area contributed by atoms with Crippen LogP contribution in [0.25, 0.3) is 10.9 Å². The lowest BCUT2D eigenvalue weighted by molar-refractivity contribution is -0.131. The van der Waals surface area contributed by atoms with Gasteiger partial charge in [-0.3, -0.25) is 9.59 Å². The van der Waals surface area contributed by atoms with E-state index in [4.69, 9.17) is 0 Å². The van der Waals surface area contributed by atoms with Crippen LogP contribution in [0, 0.1) is 5.92 Å². The first-order valence-electron chi connectivity index (χ1n) is 8.68. The van der Waals surface area contributed by atoms with Crippen molar-refractivity contribution in [2.24, 2.45) is 5.92 Å². The van der Waals surface area contributed by atoms with Gasteiger partial charge in [-0.1, -0.05) is 31.5 Å². The summed E-state index contributed by atoms with van der Waals surface area (Å²) in [7, 11) is 0. The third-order valence-electron chi connectivity index (χ3n) is 5.09. The fraction of sp³-hybridized carbons (Fsp3) is 0.474. The van der Waals surface area contributed by atoms with Crippen molar-refractivity contribution in [3.05, 3.63) is 46.2 Å². The molecule has 2 N–H and O–H groups in total. The van der Waals surface area contributed by atoms with E-state index in [1.54, 1.807) is 6.92 Å². The van der Waals surface area contributed by atoms with Gasteiger partial charge in [0.2, 0.25) is 5.91 Å². The molecule has 128 valence electrons. The first-order chi connectivity index (χ1) is 11.6. The van der Waals surface area contributed by atoms with E-state index in [0.29, 0.717) is 18.5 Å². The molecule has 1 aromatic heterocycles. The molecule has 5 heteroatoms. The third kappa shape index (κ3) is 3.51. The number of aromatic amines is 1. The summed E-state index contributed by atoms with van der Waals surface area (Å²) in [5, 5.41) is 4.59. The molecule has 1 aromatic carbocycles. The maximum Gasteiger partial charge on any atom is 0.252 e. The lowest BCUT2D eigenvalue weighted by Crippen LogP contribution is -2.50. The van der Waals surface area contributed by atoms with Gasteiger partial charge in [-0.2, -0.15) is 0 Å². The monoisotopic (exact) mass is 327 g/mol. The molecule has 0 saturated carbocycles. The summed E-state index contributed by atoms with van der Waals surface area (Å²) in [6.07, 6.45) is 1.96. The minimum atomic E-state index is -0.0320. The largest absolute Gasteiger partial charge is 0.343 e. The Balaban J connectivity index is 1.70. The highest BCUT2D eigenvalue weighted by molar-refractivity contribution is 5.78. The summed E-state index contributed by atoms with van der Waals surface area (Å²) >= 11 is 0. The average Bonchev–Trinajstić information content (AvgIpc) is 2.59. The average molecular weight is 327 g/mol. The normalized spacial score (nSPS) is 21.2. The minimum absolute atomic E-state index is 0.0320. The summed E-state index contributed by atoms with van der Waals surface area (Å²) < 4.78 is 0. The summed E-state index contributed by atoms with van der Waals surface area (Å²) in [5.74, 6) is 0.583. The number of carbonyl (C=O) groups is 1. The number of aromatic nitrogens is 1. The van der Waals surface area contributed by atoms with Crippen LogP contribution in [0.15, 0.2) is 35.1 Å². The minimum Gasteiger partial charge on any atom is -0.343 e. The van der Waals surface area contributed by atoms with E-state index in [2.05, 4.69) is 17.2 Å². The Bertz CT molecular complexity index is 784. The summed E-state index contributed by atoms with van der Waals surface area (Å²) in [5.41, 5.74) is 1.60. The second-order valence-electron chi connectivity index (χ2n) is 6.62. The number of benzene rings is 1. The summed E-state index contributed by atoms with van der Waals surface area (Å²) in [6.45, 7) is 5.94. The Kier molecular flexibility index (Phi) is 5.00. The number of rotatable bonds is 4. The van der Waals surface area contributed by atoms with Crippen molar-refractivity contribution in [1.29, 1.82) is 0 Å². The van der Waals surface area contributed by atoms with Crippen LogP contribution >= 0.6 is 0 Å². The molecule has 24 heavy (non-hydrogen) atoms. The van der Waals surface area contributed by atoms with Gasteiger partial charge < -0.3 is 15.2 Å². The Morgan fingerprint density at radius 3 is 2.92 bits per heavy atom. The van der Waals surface area contributed by atoms with Crippen LogP contribution in [0.1, 0.15) is 32.3 Å². The Morgan fingerprint density at radius 1 is 1.38 bits per heavy atom. The van der Waals surface area contributed by atoms with Crippen molar-refractivity contribution in [1.82, 2.24) is 15.2 Å². The van der Waals surface area contributed by atoms with E-state index < -0.39 is 0 Å². The predicted molar refractivity (Wildman–Crippen MR) is 95.8 cm³/mol. The molecule has 2 aromatic rings. The number of piperidine rings is 1. The van der Waals surface area contributed by atoms with Gasteiger partial charge in [-0.05, 0) is 29.9 Å². The number of likely N-dealkylation sites (tertiary alicyclic amines) is 1. The van der Waals surface area contributed by atoms with E-state index in [1.807, 2.05) is 35.2 Å². The number of amides is 1. The highest BCUT2D eigenvalue weighted by Gasteiger charge is 2.28. The van der Waals surface area contributed by atoms with Crippen molar-refractivity contribution >= 4 is 16.8 Å².